The molecule has 0 radical (unpaired) electrons. The summed E-state index contributed by atoms with van der Waals surface area (Å²) in [6, 6.07) is 19.6. The monoisotopic (exact) mass is 373 g/mol. The highest BCUT2D eigenvalue weighted by atomic mass is 16.5. The van der Waals surface area contributed by atoms with E-state index in [-0.39, 0.29) is 11.8 Å². The summed E-state index contributed by atoms with van der Waals surface area (Å²) < 4.78 is 5.70. The van der Waals surface area contributed by atoms with Gasteiger partial charge in [0.1, 0.15) is 11.8 Å². The summed E-state index contributed by atoms with van der Waals surface area (Å²) in [5.41, 5.74) is 1.84. The van der Waals surface area contributed by atoms with Crippen LogP contribution in [0, 0.1) is 11.3 Å². The fourth-order valence-electron chi connectivity index (χ4n) is 2.46. The molecule has 0 aliphatic carbocycles. The number of amides is 1. The number of rotatable bonds is 6. The SMILES string of the molecule is CC(C)Oc1ccccc1NC(=O)c1ccc(Nc2ccccc2C#N)nn1. The molecule has 0 fully saturated rings. The first-order valence-corrected chi connectivity index (χ1v) is 8.73. The van der Waals surface area contributed by atoms with Crippen molar-refractivity contribution < 1.29 is 9.53 Å². The van der Waals surface area contributed by atoms with Gasteiger partial charge >= 0.3 is 0 Å². The summed E-state index contributed by atoms with van der Waals surface area (Å²) in [5.74, 6) is 0.629. The van der Waals surface area contributed by atoms with Crippen molar-refractivity contribution in [1.82, 2.24) is 10.2 Å². The molecule has 3 aromatic rings. The first-order valence-electron chi connectivity index (χ1n) is 8.73. The van der Waals surface area contributed by atoms with Gasteiger partial charge in [-0.05, 0) is 50.2 Å². The van der Waals surface area contributed by atoms with E-state index in [1.807, 2.05) is 32.0 Å². The number of hydrogen-bond donors (Lipinski definition) is 2. The highest BCUT2D eigenvalue weighted by Crippen LogP contribution is 2.25. The number of anilines is 3. The Morgan fingerprint density at radius 1 is 1.00 bits per heavy atom. The maximum Gasteiger partial charge on any atom is 0.276 e. The molecule has 0 bridgehead atoms. The Morgan fingerprint density at radius 3 is 2.39 bits per heavy atom. The number of ether oxygens (including phenoxy) is 1. The van der Waals surface area contributed by atoms with Crippen molar-refractivity contribution in [3.8, 4) is 11.8 Å². The van der Waals surface area contributed by atoms with Crippen molar-refractivity contribution in [3.05, 3.63) is 71.9 Å². The van der Waals surface area contributed by atoms with Crippen LogP contribution in [-0.4, -0.2) is 22.2 Å². The lowest BCUT2D eigenvalue weighted by Crippen LogP contribution is -2.16. The molecule has 0 saturated heterocycles. The Morgan fingerprint density at radius 2 is 1.71 bits per heavy atom. The van der Waals surface area contributed by atoms with Gasteiger partial charge in [-0.1, -0.05) is 24.3 Å². The van der Waals surface area contributed by atoms with Crippen molar-refractivity contribution in [2.75, 3.05) is 10.6 Å². The third kappa shape index (κ3) is 4.62. The molecule has 7 nitrogen and oxygen atoms in total. The van der Waals surface area contributed by atoms with E-state index in [2.05, 4.69) is 26.9 Å². The molecule has 140 valence electrons. The average molecular weight is 373 g/mol. The van der Waals surface area contributed by atoms with Gasteiger partial charge in [0, 0.05) is 0 Å². The molecule has 0 unspecified atom stereocenters. The maximum absolute atomic E-state index is 12.5. The van der Waals surface area contributed by atoms with E-state index in [0.29, 0.717) is 28.5 Å². The minimum atomic E-state index is -0.392. The number of nitrogens with zero attached hydrogens (tertiary/aromatic N) is 3. The molecule has 28 heavy (non-hydrogen) atoms. The molecule has 1 amide bonds. The summed E-state index contributed by atoms with van der Waals surface area (Å²) in [6.45, 7) is 3.83. The molecule has 7 heteroatoms. The van der Waals surface area contributed by atoms with Gasteiger partial charge in [-0.2, -0.15) is 5.26 Å². The molecular formula is C21H19N5O2. The molecular weight excluding hydrogens is 354 g/mol. The Hall–Kier alpha value is -3.92. The van der Waals surface area contributed by atoms with Crippen molar-refractivity contribution in [2.24, 2.45) is 0 Å². The molecule has 3 rings (SSSR count). The molecule has 0 spiro atoms. The Labute approximate surface area is 163 Å². The van der Waals surface area contributed by atoms with E-state index in [9.17, 15) is 4.79 Å². The number of nitrogens with one attached hydrogen (secondary N) is 2. The molecule has 1 heterocycles. The van der Waals surface area contributed by atoms with Crippen LogP contribution in [0.3, 0.4) is 0 Å². The van der Waals surface area contributed by atoms with Crippen LogP contribution in [0.1, 0.15) is 29.9 Å². The zero-order valence-electron chi connectivity index (χ0n) is 15.5. The molecule has 0 aliphatic heterocycles. The van der Waals surface area contributed by atoms with Crippen molar-refractivity contribution in [3.63, 3.8) is 0 Å². The second-order valence-corrected chi connectivity index (χ2v) is 6.20. The predicted molar refractivity (Wildman–Crippen MR) is 107 cm³/mol. The second kappa shape index (κ2) is 8.64. The molecule has 1 aromatic heterocycles. The van der Waals surface area contributed by atoms with Gasteiger partial charge in [0.25, 0.3) is 5.91 Å². The normalized spacial score (nSPS) is 10.2. The van der Waals surface area contributed by atoms with Gasteiger partial charge in [0.05, 0.1) is 23.0 Å². The summed E-state index contributed by atoms with van der Waals surface area (Å²) >= 11 is 0. The third-order valence-electron chi connectivity index (χ3n) is 3.71. The number of hydrogen-bond acceptors (Lipinski definition) is 6. The lowest BCUT2D eigenvalue weighted by Gasteiger charge is -2.14. The minimum Gasteiger partial charge on any atom is -0.489 e. The van der Waals surface area contributed by atoms with E-state index >= 15 is 0 Å². The average Bonchev–Trinajstić information content (AvgIpc) is 2.70. The van der Waals surface area contributed by atoms with Gasteiger partial charge < -0.3 is 15.4 Å². The first kappa shape index (κ1) is 18.9. The third-order valence-corrected chi connectivity index (χ3v) is 3.71. The topological polar surface area (TPSA) is 99.9 Å². The van der Waals surface area contributed by atoms with Crippen LogP contribution in [0.5, 0.6) is 5.75 Å². The van der Waals surface area contributed by atoms with Crippen LogP contribution < -0.4 is 15.4 Å². The zero-order valence-corrected chi connectivity index (χ0v) is 15.5. The quantitative estimate of drug-likeness (QED) is 0.674. The second-order valence-electron chi connectivity index (χ2n) is 6.20. The molecule has 0 aliphatic rings. The minimum absolute atomic E-state index is 0.0144. The van der Waals surface area contributed by atoms with Gasteiger partial charge in [-0.3, -0.25) is 4.79 Å². The molecule has 0 saturated carbocycles. The Balaban J connectivity index is 1.72. The van der Waals surface area contributed by atoms with Crippen LogP contribution >= 0.6 is 0 Å². The van der Waals surface area contributed by atoms with Crippen molar-refractivity contribution in [1.29, 1.82) is 5.26 Å². The molecule has 0 atom stereocenters. The van der Waals surface area contributed by atoms with Crippen LogP contribution in [0.2, 0.25) is 0 Å². The smallest absolute Gasteiger partial charge is 0.276 e. The van der Waals surface area contributed by atoms with Crippen molar-refractivity contribution in [2.45, 2.75) is 20.0 Å². The van der Waals surface area contributed by atoms with E-state index in [1.165, 1.54) is 0 Å². The lowest BCUT2D eigenvalue weighted by molar-refractivity contribution is 0.102. The number of nitriles is 1. The Kier molecular flexibility index (Phi) is 5.82. The first-order chi connectivity index (χ1) is 13.6. The fraction of sp³-hybridized carbons (Fsp3) is 0.143. The van der Waals surface area contributed by atoms with E-state index in [1.54, 1.807) is 42.5 Å². The number of benzene rings is 2. The summed E-state index contributed by atoms with van der Waals surface area (Å²) in [7, 11) is 0. The van der Waals surface area contributed by atoms with Crippen LogP contribution in [0.4, 0.5) is 17.2 Å². The van der Waals surface area contributed by atoms with E-state index in [4.69, 9.17) is 10.00 Å². The summed E-state index contributed by atoms with van der Waals surface area (Å²) in [5, 5.41) is 22.9. The van der Waals surface area contributed by atoms with E-state index in [0.717, 1.165) is 0 Å². The number of carbonyl (C=O) groups excluding carboxylic acids is 1. The standard InChI is InChI=1S/C21H19N5O2/c1-14(2)28-19-10-6-5-9-17(19)24-21(27)18-11-12-20(26-25-18)23-16-8-4-3-7-15(16)13-22/h3-12,14H,1-2H3,(H,23,26)(H,24,27). The van der Waals surface area contributed by atoms with Gasteiger partial charge in [0.2, 0.25) is 0 Å². The number of carbonyl (C=O) groups is 1. The summed E-state index contributed by atoms with van der Waals surface area (Å²) in [6.07, 6.45) is -0.0144. The van der Waals surface area contributed by atoms with Gasteiger partial charge in [-0.25, -0.2) is 0 Å². The Bertz CT molecular complexity index is 1010. The van der Waals surface area contributed by atoms with Crippen LogP contribution in [0.25, 0.3) is 0 Å². The largest absolute Gasteiger partial charge is 0.489 e. The van der Waals surface area contributed by atoms with Gasteiger partial charge in [0.15, 0.2) is 11.5 Å². The fourth-order valence-corrected chi connectivity index (χ4v) is 2.46. The van der Waals surface area contributed by atoms with Crippen molar-refractivity contribution >= 4 is 23.1 Å². The molecule has 2 N–H and O–H groups in total. The predicted octanol–water partition coefficient (Wildman–Crippen LogP) is 4.13. The highest BCUT2D eigenvalue weighted by molar-refractivity contribution is 6.03. The molecule has 2 aromatic carbocycles. The van der Waals surface area contributed by atoms with Gasteiger partial charge in [-0.15, -0.1) is 10.2 Å². The lowest BCUT2D eigenvalue weighted by atomic mass is 10.2. The van der Waals surface area contributed by atoms with Crippen LogP contribution in [-0.2, 0) is 0 Å². The maximum atomic E-state index is 12.5. The summed E-state index contributed by atoms with van der Waals surface area (Å²) in [4.78, 5) is 12.5. The van der Waals surface area contributed by atoms with E-state index < -0.39 is 5.91 Å². The number of para-hydroxylation sites is 3. The van der Waals surface area contributed by atoms with Crippen LogP contribution in [0.15, 0.2) is 60.7 Å². The highest BCUT2D eigenvalue weighted by Gasteiger charge is 2.13. The number of aromatic nitrogens is 2. The zero-order chi connectivity index (χ0) is 19.9.